The van der Waals surface area contributed by atoms with Gasteiger partial charge >= 0.3 is 0 Å². The van der Waals surface area contributed by atoms with Crippen LogP contribution in [-0.4, -0.2) is 23.4 Å². The zero-order valence-electron chi connectivity index (χ0n) is 15.4. The van der Waals surface area contributed by atoms with Gasteiger partial charge in [0, 0.05) is 30.2 Å². The van der Waals surface area contributed by atoms with Gasteiger partial charge < -0.3 is 10.2 Å². The number of carbonyl (C=O) groups is 1. The molecule has 8 heteroatoms. The van der Waals surface area contributed by atoms with Gasteiger partial charge in [-0.25, -0.2) is 0 Å². The molecule has 6 nitrogen and oxygen atoms in total. The Morgan fingerprint density at radius 1 is 1.29 bits per heavy atom. The molecular weight excluding hydrogens is 401 g/mol. The van der Waals surface area contributed by atoms with Crippen molar-refractivity contribution in [1.29, 1.82) is 0 Å². The lowest BCUT2D eigenvalue weighted by atomic mass is 10.1. The largest absolute Gasteiger partial charge is 0.355 e. The second kappa shape index (κ2) is 10.1. The number of rotatable bonds is 9. The fraction of sp³-hybridized carbons (Fsp3) is 0.250. The smallest absolute Gasteiger partial charge is 0.271 e. The summed E-state index contributed by atoms with van der Waals surface area (Å²) in [6, 6.07) is 10.9. The maximum Gasteiger partial charge on any atom is 0.271 e. The van der Waals surface area contributed by atoms with E-state index < -0.39 is 11.0 Å². The molecule has 1 atom stereocenters. The third-order valence-electron chi connectivity index (χ3n) is 4.22. The van der Waals surface area contributed by atoms with E-state index in [9.17, 15) is 14.9 Å². The second-order valence-electron chi connectivity index (χ2n) is 6.10. The van der Waals surface area contributed by atoms with Crippen LogP contribution in [0.25, 0.3) is 0 Å². The number of anilines is 1. The molecule has 1 N–H and O–H groups in total. The number of halogens is 2. The van der Waals surface area contributed by atoms with Crippen molar-refractivity contribution in [3.8, 4) is 0 Å². The first-order valence-corrected chi connectivity index (χ1v) is 9.46. The average molecular weight is 422 g/mol. The summed E-state index contributed by atoms with van der Waals surface area (Å²) in [6.45, 7) is 6.36. The van der Waals surface area contributed by atoms with Crippen LogP contribution in [0.5, 0.6) is 0 Å². The minimum atomic E-state index is -0.510. The van der Waals surface area contributed by atoms with E-state index in [2.05, 4.69) is 11.9 Å². The Morgan fingerprint density at radius 3 is 2.50 bits per heavy atom. The van der Waals surface area contributed by atoms with Gasteiger partial charge in [-0.1, -0.05) is 48.3 Å². The van der Waals surface area contributed by atoms with Gasteiger partial charge in [0.05, 0.1) is 15.6 Å². The molecule has 0 fully saturated rings. The Hall–Kier alpha value is -2.57. The molecule has 2 aromatic carbocycles. The molecule has 2 aromatic rings. The fourth-order valence-corrected chi connectivity index (χ4v) is 3.24. The van der Waals surface area contributed by atoms with E-state index in [1.807, 2.05) is 19.1 Å². The summed E-state index contributed by atoms with van der Waals surface area (Å²) in [4.78, 5) is 25.0. The lowest BCUT2D eigenvalue weighted by Gasteiger charge is -2.32. The van der Waals surface area contributed by atoms with Crippen LogP contribution < -0.4 is 10.2 Å². The molecular formula is C20H21Cl2N3O3. The van der Waals surface area contributed by atoms with Crippen LogP contribution in [0.4, 0.5) is 11.4 Å². The van der Waals surface area contributed by atoms with Crippen LogP contribution in [0.3, 0.4) is 0 Å². The Morgan fingerprint density at radius 2 is 1.96 bits per heavy atom. The molecule has 0 bridgehead atoms. The number of carbonyl (C=O) groups excluding carboxylic acids is 1. The van der Waals surface area contributed by atoms with E-state index in [4.69, 9.17) is 23.2 Å². The highest BCUT2D eigenvalue weighted by molar-refractivity contribution is 6.33. The lowest BCUT2D eigenvalue weighted by molar-refractivity contribution is -0.384. The van der Waals surface area contributed by atoms with E-state index >= 15 is 0 Å². The van der Waals surface area contributed by atoms with Gasteiger partial charge in [-0.2, -0.15) is 0 Å². The average Bonchev–Trinajstić information content (AvgIpc) is 2.67. The van der Waals surface area contributed by atoms with Crippen LogP contribution >= 0.6 is 23.2 Å². The normalized spacial score (nSPS) is 11.5. The van der Waals surface area contributed by atoms with E-state index in [1.165, 1.54) is 12.1 Å². The zero-order chi connectivity index (χ0) is 20.7. The first kappa shape index (κ1) is 21.7. The number of nitro groups is 1. The molecule has 0 aromatic heterocycles. The molecule has 1 amide bonds. The maximum atomic E-state index is 12.8. The highest BCUT2D eigenvalue weighted by Gasteiger charge is 2.26. The van der Waals surface area contributed by atoms with Gasteiger partial charge in [-0.05, 0) is 30.2 Å². The third-order valence-corrected chi connectivity index (χ3v) is 4.78. The van der Waals surface area contributed by atoms with Crippen LogP contribution in [0.15, 0.2) is 55.1 Å². The number of nitro benzene ring substituents is 1. The number of hydrogen-bond acceptors (Lipinski definition) is 4. The summed E-state index contributed by atoms with van der Waals surface area (Å²) < 4.78 is 0. The lowest BCUT2D eigenvalue weighted by Crippen LogP contribution is -2.47. The number of amides is 1. The van der Waals surface area contributed by atoms with Crippen LogP contribution in [0.2, 0.25) is 10.0 Å². The van der Waals surface area contributed by atoms with E-state index in [0.717, 1.165) is 5.56 Å². The Kier molecular flexibility index (Phi) is 7.84. The van der Waals surface area contributed by atoms with E-state index in [-0.39, 0.29) is 16.6 Å². The third kappa shape index (κ3) is 5.47. The number of hydrogen-bond donors (Lipinski definition) is 1. The first-order valence-electron chi connectivity index (χ1n) is 8.71. The number of nitrogens with one attached hydrogen (secondary N) is 1. The van der Waals surface area contributed by atoms with E-state index in [1.54, 1.807) is 29.2 Å². The zero-order valence-corrected chi connectivity index (χ0v) is 16.9. The Bertz CT molecular complexity index is 856. The summed E-state index contributed by atoms with van der Waals surface area (Å²) in [7, 11) is 0. The number of non-ortho nitro benzene ring substituents is 1. The summed E-state index contributed by atoms with van der Waals surface area (Å²) in [6.07, 6.45) is 2.18. The maximum absolute atomic E-state index is 12.8. The highest BCUT2D eigenvalue weighted by Crippen LogP contribution is 2.31. The first-order chi connectivity index (χ1) is 13.4. The highest BCUT2D eigenvalue weighted by atomic mass is 35.5. The van der Waals surface area contributed by atoms with Crippen molar-refractivity contribution in [1.82, 2.24) is 5.32 Å². The predicted molar refractivity (Wildman–Crippen MR) is 113 cm³/mol. The molecule has 0 saturated carbocycles. The molecule has 0 aliphatic heterocycles. The van der Waals surface area contributed by atoms with Crippen molar-refractivity contribution in [3.63, 3.8) is 0 Å². The molecule has 0 radical (unpaired) electrons. The topological polar surface area (TPSA) is 75.5 Å². The molecule has 0 aliphatic carbocycles. The summed E-state index contributed by atoms with van der Waals surface area (Å²) >= 11 is 12.2. The van der Waals surface area contributed by atoms with Crippen molar-refractivity contribution < 1.29 is 9.72 Å². The quantitative estimate of drug-likeness (QED) is 0.351. The van der Waals surface area contributed by atoms with Crippen molar-refractivity contribution >= 4 is 40.5 Å². The van der Waals surface area contributed by atoms with Crippen LogP contribution in [-0.2, 0) is 11.3 Å². The number of nitrogens with zero attached hydrogens (tertiary/aromatic N) is 2. The Balaban J connectivity index is 2.21. The van der Waals surface area contributed by atoms with Gasteiger partial charge in [-0.3, -0.25) is 14.9 Å². The summed E-state index contributed by atoms with van der Waals surface area (Å²) in [5.74, 6) is -0.172. The SMILES string of the molecule is C=CCN(c1ccc([N+](=O)[O-])cc1Cl)C(CC)C(=O)NCc1ccc(Cl)cc1. The molecule has 2 rings (SSSR count). The van der Waals surface area contributed by atoms with Gasteiger partial charge in [0.25, 0.3) is 5.69 Å². The summed E-state index contributed by atoms with van der Waals surface area (Å²) in [5, 5.41) is 14.7. The van der Waals surface area contributed by atoms with E-state index in [0.29, 0.717) is 30.2 Å². The standard InChI is InChI=1S/C20H21Cl2N3O3/c1-3-11-24(19-10-9-16(25(27)28)12-17(19)22)18(4-2)20(26)23-13-14-5-7-15(21)8-6-14/h3,5-10,12,18H,1,4,11,13H2,2H3,(H,23,26). The van der Waals surface area contributed by atoms with Gasteiger partial charge in [0.1, 0.15) is 6.04 Å². The van der Waals surface area contributed by atoms with Crippen molar-refractivity contribution in [2.24, 2.45) is 0 Å². The van der Waals surface area contributed by atoms with Gasteiger partial charge in [-0.15, -0.1) is 6.58 Å². The number of benzene rings is 2. The molecule has 0 aliphatic rings. The molecule has 0 heterocycles. The molecule has 0 spiro atoms. The molecule has 1 unspecified atom stereocenters. The molecule has 28 heavy (non-hydrogen) atoms. The van der Waals surface area contributed by atoms with Crippen molar-refractivity contribution in [2.75, 3.05) is 11.4 Å². The fourth-order valence-electron chi connectivity index (χ4n) is 2.83. The molecule has 0 saturated heterocycles. The van der Waals surface area contributed by atoms with Crippen LogP contribution in [0.1, 0.15) is 18.9 Å². The van der Waals surface area contributed by atoms with Crippen molar-refractivity contribution in [3.05, 3.63) is 80.8 Å². The Labute approximate surface area is 173 Å². The second-order valence-corrected chi connectivity index (χ2v) is 6.95. The monoisotopic (exact) mass is 421 g/mol. The summed E-state index contributed by atoms with van der Waals surface area (Å²) in [5.41, 5.74) is 1.37. The van der Waals surface area contributed by atoms with Gasteiger partial charge in [0.2, 0.25) is 5.91 Å². The minimum absolute atomic E-state index is 0.104. The predicted octanol–water partition coefficient (Wildman–Crippen LogP) is 4.99. The van der Waals surface area contributed by atoms with Crippen molar-refractivity contribution in [2.45, 2.75) is 25.9 Å². The van der Waals surface area contributed by atoms with Gasteiger partial charge in [0.15, 0.2) is 0 Å². The molecule has 148 valence electrons. The van der Waals surface area contributed by atoms with Crippen LogP contribution in [0, 0.1) is 10.1 Å². The minimum Gasteiger partial charge on any atom is -0.355 e.